The minimum atomic E-state index is -1.18. The molecule has 120 valence electrons. The number of rotatable bonds is 7. The fourth-order valence-electron chi connectivity index (χ4n) is 1.92. The summed E-state index contributed by atoms with van der Waals surface area (Å²) in [5.74, 6) is -1.11. The Balaban J connectivity index is 2.27. The predicted molar refractivity (Wildman–Crippen MR) is 84.7 cm³/mol. The minimum Gasteiger partial charge on any atom is -0.496 e. The Kier molecular flexibility index (Phi) is 5.56. The number of methoxy groups -OCH3 is 1. The minimum absolute atomic E-state index is 0.0587. The van der Waals surface area contributed by atoms with Crippen LogP contribution in [-0.2, 0) is 16.2 Å². The molecule has 0 radical (unpaired) electrons. The Morgan fingerprint density at radius 3 is 2.57 bits per heavy atom. The summed E-state index contributed by atoms with van der Waals surface area (Å²) in [7, 11) is 1.33. The zero-order valence-electron chi connectivity index (χ0n) is 12.2. The number of carboxylic acids is 1. The lowest BCUT2D eigenvalue weighted by Gasteiger charge is -2.19. The maximum Gasteiger partial charge on any atom is 0.339 e. The number of anilines is 1. The Morgan fingerprint density at radius 2 is 2.00 bits per heavy atom. The zero-order chi connectivity index (χ0) is 16.8. The van der Waals surface area contributed by atoms with Gasteiger partial charge in [-0.15, -0.1) is 0 Å². The van der Waals surface area contributed by atoms with Crippen molar-refractivity contribution in [1.29, 1.82) is 0 Å². The van der Waals surface area contributed by atoms with E-state index in [0.29, 0.717) is 6.41 Å². The van der Waals surface area contributed by atoms with Crippen LogP contribution in [0.15, 0.2) is 42.5 Å². The second kappa shape index (κ2) is 7.62. The molecule has 0 aromatic heterocycles. The van der Waals surface area contributed by atoms with Crippen LogP contribution in [0.2, 0.25) is 5.02 Å². The van der Waals surface area contributed by atoms with E-state index in [0.717, 1.165) is 10.6 Å². The molecule has 2 aromatic rings. The number of carbonyl (C=O) groups is 2. The molecule has 0 aliphatic rings. The van der Waals surface area contributed by atoms with E-state index in [-0.39, 0.29) is 28.6 Å². The summed E-state index contributed by atoms with van der Waals surface area (Å²) in [6.07, 6.45) is 0.448. The Morgan fingerprint density at radius 1 is 1.30 bits per heavy atom. The van der Waals surface area contributed by atoms with Crippen LogP contribution in [0.1, 0.15) is 15.9 Å². The first-order chi connectivity index (χ1) is 11.1. The molecule has 0 aliphatic heterocycles. The Labute approximate surface area is 137 Å². The standard InChI is InChI=1S/C16H14ClNO5/c1-22-15-8-14(13(17)7-12(15)16(20)21)18(10-19)23-9-11-5-3-2-4-6-11/h2-8,10H,9H2,1H3,(H,20,21). The van der Waals surface area contributed by atoms with Gasteiger partial charge in [-0.3, -0.25) is 9.63 Å². The number of nitrogens with zero attached hydrogens (tertiary/aromatic N) is 1. The van der Waals surface area contributed by atoms with Crippen molar-refractivity contribution in [2.45, 2.75) is 6.61 Å². The molecule has 0 bridgehead atoms. The van der Waals surface area contributed by atoms with Crippen molar-refractivity contribution >= 4 is 29.7 Å². The molecule has 0 saturated heterocycles. The molecule has 6 nitrogen and oxygen atoms in total. The van der Waals surface area contributed by atoms with Gasteiger partial charge in [-0.1, -0.05) is 41.9 Å². The smallest absolute Gasteiger partial charge is 0.339 e. The largest absolute Gasteiger partial charge is 0.496 e. The second-order valence-electron chi connectivity index (χ2n) is 4.50. The van der Waals surface area contributed by atoms with Gasteiger partial charge in [0, 0.05) is 6.07 Å². The van der Waals surface area contributed by atoms with Crippen LogP contribution < -0.4 is 9.80 Å². The first-order valence-electron chi connectivity index (χ1n) is 6.59. The maximum absolute atomic E-state index is 11.3. The predicted octanol–water partition coefficient (Wildman–Crippen LogP) is 3.14. The maximum atomic E-state index is 11.3. The summed E-state index contributed by atoms with van der Waals surface area (Å²) >= 11 is 6.06. The van der Waals surface area contributed by atoms with E-state index in [1.54, 1.807) is 0 Å². The number of carbonyl (C=O) groups excluding carboxylic acids is 1. The second-order valence-corrected chi connectivity index (χ2v) is 4.91. The van der Waals surface area contributed by atoms with E-state index in [1.165, 1.54) is 19.2 Å². The highest BCUT2D eigenvalue weighted by Crippen LogP contribution is 2.33. The van der Waals surface area contributed by atoms with Crippen molar-refractivity contribution in [3.8, 4) is 5.75 Å². The lowest BCUT2D eigenvalue weighted by Crippen LogP contribution is -2.22. The molecule has 2 rings (SSSR count). The Bertz CT molecular complexity index is 705. The molecule has 7 heteroatoms. The van der Waals surface area contributed by atoms with E-state index >= 15 is 0 Å². The monoisotopic (exact) mass is 335 g/mol. The molecule has 0 spiro atoms. The normalized spacial score (nSPS) is 10.2. The van der Waals surface area contributed by atoms with Crippen LogP contribution in [-0.4, -0.2) is 24.6 Å². The van der Waals surface area contributed by atoms with Crippen molar-refractivity contribution in [1.82, 2.24) is 0 Å². The summed E-state index contributed by atoms with van der Waals surface area (Å²) in [5.41, 5.74) is 0.958. The SMILES string of the molecule is COc1cc(N(C=O)OCc2ccccc2)c(Cl)cc1C(=O)O. The van der Waals surface area contributed by atoms with Gasteiger partial charge in [-0.2, -0.15) is 5.06 Å². The number of hydrogen-bond acceptors (Lipinski definition) is 4. The summed E-state index contributed by atoms with van der Waals surface area (Å²) in [6, 6.07) is 11.8. The summed E-state index contributed by atoms with van der Waals surface area (Å²) in [6.45, 7) is 0.152. The van der Waals surface area contributed by atoms with Crippen LogP contribution in [0.25, 0.3) is 0 Å². The molecule has 1 amide bonds. The lowest BCUT2D eigenvalue weighted by molar-refractivity contribution is -0.114. The summed E-state index contributed by atoms with van der Waals surface area (Å²) in [4.78, 5) is 27.8. The van der Waals surface area contributed by atoms with Crippen LogP contribution in [0.4, 0.5) is 5.69 Å². The number of benzene rings is 2. The fourth-order valence-corrected chi connectivity index (χ4v) is 2.17. The van der Waals surface area contributed by atoms with Crippen LogP contribution >= 0.6 is 11.6 Å². The number of amides is 1. The average molecular weight is 336 g/mol. The van der Waals surface area contributed by atoms with Crippen molar-refractivity contribution in [2.24, 2.45) is 0 Å². The van der Waals surface area contributed by atoms with E-state index in [1.807, 2.05) is 30.3 Å². The van der Waals surface area contributed by atoms with Gasteiger partial charge < -0.3 is 9.84 Å². The van der Waals surface area contributed by atoms with Gasteiger partial charge in [-0.05, 0) is 11.6 Å². The molecular formula is C16H14ClNO5. The van der Waals surface area contributed by atoms with Gasteiger partial charge in [0.05, 0.1) is 17.8 Å². The molecule has 0 saturated carbocycles. The first-order valence-corrected chi connectivity index (χ1v) is 6.96. The number of aromatic carboxylic acids is 1. The van der Waals surface area contributed by atoms with Gasteiger partial charge in [0.15, 0.2) is 0 Å². The number of hydrogen-bond donors (Lipinski definition) is 1. The van der Waals surface area contributed by atoms with Crippen molar-refractivity contribution in [2.75, 3.05) is 12.2 Å². The molecule has 1 N–H and O–H groups in total. The van der Waals surface area contributed by atoms with Crippen molar-refractivity contribution in [3.63, 3.8) is 0 Å². The van der Waals surface area contributed by atoms with Crippen LogP contribution in [0.3, 0.4) is 0 Å². The molecule has 2 aromatic carbocycles. The van der Waals surface area contributed by atoms with Gasteiger partial charge >= 0.3 is 5.97 Å². The number of hydroxylamine groups is 1. The van der Waals surface area contributed by atoms with Gasteiger partial charge in [0.25, 0.3) is 0 Å². The van der Waals surface area contributed by atoms with E-state index < -0.39 is 5.97 Å². The van der Waals surface area contributed by atoms with Crippen molar-refractivity contribution < 1.29 is 24.3 Å². The van der Waals surface area contributed by atoms with Crippen molar-refractivity contribution in [3.05, 3.63) is 58.6 Å². The lowest BCUT2D eigenvalue weighted by atomic mass is 10.2. The Hall–Kier alpha value is -2.57. The zero-order valence-corrected chi connectivity index (χ0v) is 13.0. The third-order valence-corrected chi connectivity index (χ3v) is 3.35. The molecular weight excluding hydrogens is 322 g/mol. The van der Waals surface area contributed by atoms with E-state index in [2.05, 4.69) is 0 Å². The van der Waals surface area contributed by atoms with E-state index in [9.17, 15) is 9.59 Å². The third-order valence-electron chi connectivity index (χ3n) is 3.05. The van der Waals surface area contributed by atoms with Gasteiger partial charge in [-0.25, -0.2) is 4.79 Å². The molecule has 0 heterocycles. The highest BCUT2D eigenvalue weighted by molar-refractivity contribution is 6.34. The topological polar surface area (TPSA) is 76.1 Å². The average Bonchev–Trinajstić information content (AvgIpc) is 2.57. The first kappa shape index (κ1) is 16.8. The molecule has 0 aliphatic carbocycles. The quantitative estimate of drug-likeness (QED) is 0.621. The number of carboxylic acid groups (broad SMARTS) is 1. The highest BCUT2D eigenvalue weighted by Gasteiger charge is 2.19. The van der Waals surface area contributed by atoms with E-state index in [4.69, 9.17) is 26.3 Å². The third kappa shape index (κ3) is 4.00. The van der Waals surface area contributed by atoms with Gasteiger partial charge in [0.1, 0.15) is 17.9 Å². The number of ether oxygens (including phenoxy) is 1. The van der Waals surface area contributed by atoms with Crippen LogP contribution in [0, 0.1) is 0 Å². The highest BCUT2D eigenvalue weighted by atomic mass is 35.5. The van der Waals surface area contributed by atoms with Crippen LogP contribution in [0.5, 0.6) is 5.75 Å². The fraction of sp³-hybridized carbons (Fsp3) is 0.125. The van der Waals surface area contributed by atoms with Gasteiger partial charge in [0.2, 0.25) is 6.41 Å². The molecule has 0 atom stereocenters. The summed E-state index contributed by atoms with van der Waals surface area (Å²) in [5, 5.41) is 10.1. The summed E-state index contributed by atoms with van der Waals surface area (Å²) < 4.78 is 5.02. The molecule has 23 heavy (non-hydrogen) atoms. The molecule has 0 fully saturated rings. The number of halogens is 1. The molecule has 0 unspecified atom stereocenters.